The summed E-state index contributed by atoms with van der Waals surface area (Å²) in [6.45, 7) is 0. The third-order valence-corrected chi connectivity index (χ3v) is 12.7. The van der Waals surface area contributed by atoms with Crippen molar-refractivity contribution in [1.29, 1.82) is 0 Å². The molecule has 0 unspecified atom stereocenters. The van der Waals surface area contributed by atoms with Crippen LogP contribution < -0.4 is 4.74 Å². The molecular formula is C56H34N4O. The van der Waals surface area contributed by atoms with Gasteiger partial charge in [-0.25, -0.2) is 15.0 Å². The zero-order valence-corrected chi connectivity index (χ0v) is 32.8. The number of rotatable bonds is 4. The van der Waals surface area contributed by atoms with E-state index in [4.69, 9.17) is 19.7 Å². The molecule has 2 aliphatic rings. The highest BCUT2D eigenvalue weighted by Gasteiger charge is 2.51. The minimum absolute atomic E-state index is 0.551. The quantitative estimate of drug-likeness (QED) is 0.179. The molecule has 5 nitrogen and oxygen atoms in total. The monoisotopic (exact) mass is 778 g/mol. The molecule has 2 aromatic heterocycles. The molecule has 61 heavy (non-hydrogen) atoms. The number of nitrogens with zero attached hydrogens (tertiary/aromatic N) is 4. The lowest BCUT2D eigenvalue weighted by atomic mass is 9.66. The molecule has 11 aromatic rings. The van der Waals surface area contributed by atoms with Crippen LogP contribution in [0.3, 0.4) is 0 Å². The van der Waals surface area contributed by atoms with E-state index in [1.165, 1.54) is 33.0 Å². The molecule has 1 aliphatic carbocycles. The SMILES string of the molecule is c1ccc(-c2nc(-c3ccccc3)nc(-c3ccc(-n4c5ccccc5c5cc6c(cc54)-c4ccccc4C64c5ccccc5Oc5ccccc54)c4ccccc34)n2)cc1. The fraction of sp³-hybridized carbons (Fsp3) is 0.0179. The predicted molar refractivity (Wildman–Crippen MR) is 245 cm³/mol. The Hall–Kier alpha value is -8.15. The Morgan fingerprint density at radius 3 is 1.57 bits per heavy atom. The van der Waals surface area contributed by atoms with E-state index in [1.807, 2.05) is 60.7 Å². The molecule has 0 bridgehead atoms. The number of hydrogen-bond acceptors (Lipinski definition) is 4. The number of fused-ring (bicyclic) bond motifs is 13. The van der Waals surface area contributed by atoms with Gasteiger partial charge in [-0.1, -0.05) is 164 Å². The first-order valence-electron chi connectivity index (χ1n) is 20.7. The molecule has 0 N–H and O–H groups in total. The van der Waals surface area contributed by atoms with Crippen LogP contribution >= 0.6 is 0 Å². The minimum atomic E-state index is -0.551. The highest BCUT2D eigenvalue weighted by molar-refractivity contribution is 6.13. The van der Waals surface area contributed by atoms with Gasteiger partial charge in [-0.2, -0.15) is 0 Å². The van der Waals surface area contributed by atoms with Gasteiger partial charge in [-0.3, -0.25) is 0 Å². The average molecular weight is 779 g/mol. The van der Waals surface area contributed by atoms with Gasteiger partial charge in [0.15, 0.2) is 17.5 Å². The summed E-state index contributed by atoms with van der Waals surface area (Å²) in [6, 6.07) is 73.1. The zero-order valence-electron chi connectivity index (χ0n) is 32.8. The van der Waals surface area contributed by atoms with E-state index in [9.17, 15) is 0 Å². The first kappa shape index (κ1) is 33.8. The normalized spacial score (nSPS) is 13.2. The molecule has 0 fully saturated rings. The molecule has 0 radical (unpaired) electrons. The van der Waals surface area contributed by atoms with Gasteiger partial charge in [0.05, 0.1) is 22.1 Å². The summed E-state index contributed by atoms with van der Waals surface area (Å²) in [5.41, 5.74) is 13.0. The van der Waals surface area contributed by atoms with E-state index in [0.717, 1.165) is 66.8 Å². The largest absolute Gasteiger partial charge is 0.457 e. The predicted octanol–water partition coefficient (Wildman–Crippen LogP) is 13.6. The van der Waals surface area contributed by atoms with E-state index >= 15 is 0 Å². The molecule has 0 saturated heterocycles. The van der Waals surface area contributed by atoms with Crippen molar-refractivity contribution in [2.75, 3.05) is 0 Å². The molecule has 1 aliphatic heterocycles. The first-order valence-corrected chi connectivity index (χ1v) is 20.7. The topological polar surface area (TPSA) is 52.8 Å². The minimum Gasteiger partial charge on any atom is -0.457 e. The van der Waals surface area contributed by atoms with Crippen LogP contribution in [0.15, 0.2) is 206 Å². The molecule has 0 saturated carbocycles. The lowest BCUT2D eigenvalue weighted by Crippen LogP contribution is -2.32. The Kier molecular flexibility index (Phi) is 7.16. The number of aromatic nitrogens is 4. The second kappa shape index (κ2) is 12.9. The molecular weight excluding hydrogens is 745 g/mol. The second-order valence-electron chi connectivity index (χ2n) is 15.9. The standard InChI is InChI=1S/C56H34N4O/c1-3-17-35(18-4-1)53-57-54(36-19-5-2-6-20-36)59-55(58-53)41-31-32-49(39-23-8-7-21-37(39)41)60-48-28-14-10-24-40(48)43-33-47-42(34-50(43)60)38-22-9-11-25-44(38)56(47)45-26-12-15-29-51(45)61-52-30-16-13-27-46(52)56/h1-34H. The third-order valence-electron chi connectivity index (χ3n) is 12.7. The van der Waals surface area contributed by atoms with Crippen molar-refractivity contribution in [3.05, 3.63) is 229 Å². The maximum atomic E-state index is 6.64. The summed E-state index contributed by atoms with van der Waals surface area (Å²) in [5.74, 6) is 3.70. The number of benzene rings is 9. The van der Waals surface area contributed by atoms with Crippen LogP contribution in [0.5, 0.6) is 11.5 Å². The van der Waals surface area contributed by atoms with E-state index in [1.54, 1.807) is 0 Å². The van der Waals surface area contributed by atoms with E-state index in [0.29, 0.717) is 17.5 Å². The molecule has 1 spiro atoms. The fourth-order valence-electron chi connectivity index (χ4n) is 10.2. The lowest BCUT2D eigenvalue weighted by Gasteiger charge is -2.39. The first-order chi connectivity index (χ1) is 30.3. The van der Waals surface area contributed by atoms with Crippen LogP contribution in [0.1, 0.15) is 22.3 Å². The second-order valence-corrected chi connectivity index (χ2v) is 15.9. The van der Waals surface area contributed by atoms with Crippen LogP contribution in [-0.4, -0.2) is 19.5 Å². The Bertz CT molecular complexity index is 3470. The molecule has 0 atom stereocenters. The molecule has 284 valence electrons. The van der Waals surface area contributed by atoms with E-state index in [2.05, 4.69) is 150 Å². The van der Waals surface area contributed by atoms with E-state index in [-0.39, 0.29) is 0 Å². The van der Waals surface area contributed by atoms with Gasteiger partial charge in [0.25, 0.3) is 0 Å². The Morgan fingerprint density at radius 1 is 0.344 bits per heavy atom. The maximum Gasteiger partial charge on any atom is 0.164 e. The molecule has 3 heterocycles. The highest BCUT2D eigenvalue weighted by atomic mass is 16.5. The van der Waals surface area contributed by atoms with Gasteiger partial charge < -0.3 is 9.30 Å². The van der Waals surface area contributed by atoms with Crippen molar-refractivity contribution in [1.82, 2.24) is 19.5 Å². The van der Waals surface area contributed by atoms with Crippen LogP contribution in [0.25, 0.3) is 83.6 Å². The van der Waals surface area contributed by atoms with Crippen molar-refractivity contribution < 1.29 is 4.74 Å². The van der Waals surface area contributed by atoms with Crippen LogP contribution in [-0.2, 0) is 5.41 Å². The van der Waals surface area contributed by atoms with Gasteiger partial charge in [0.1, 0.15) is 11.5 Å². The van der Waals surface area contributed by atoms with Crippen molar-refractivity contribution in [2.45, 2.75) is 5.41 Å². The van der Waals surface area contributed by atoms with Crippen molar-refractivity contribution >= 4 is 32.6 Å². The lowest BCUT2D eigenvalue weighted by molar-refractivity contribution is 0.436. The van der Waals surface area contributed by atoms with Gasteiger partial charge in [-0.05, 0) is 70.1 Å². The number of ether oxygens (including phenoxy) is 1. The van der Waals surface area contributed by atoms with E-state index < -0.39 is 5.41 Å². The zero-order chi connectivity index (χ0) is 40.1. The summed E-state index contributed by atoms with van der Waals surface area (Å²) < 4.78 is 9.09. The van der Waals surface area contributed by atoms with Crippen LogP contribution in [0.2, 0.25) is 0 Å². The fourth-order valence-corrected chi connectivity index (χ4v) is 10.2. The third kappa shape index (κ3) is 4.80. The van der Waals surface area contributed by atoms with Gasteiger partial charge in [0, 0.05) is 44.0 Å². The van der Waals surface area contributed by atoms with Crippen molar-refractivity contribution in [3.63, 3.8) is 0 Å². The number of para-hydroxylation sites is 3. The maximum absolute atomic E-state index is 6.64. The van der Waals surface area contributed by atoms with Crippen molar-refractivity contribution in [2.24, 2.45) is 0 Å². The highest BCUT2D eigenvalue weighted by Crippen LogP contribution is 2.62. The Balaban J connectivity index is 1.07. The van der Waals surface area contributed by atoms with Gasteiger partial charge in [0.2, 0.25) is 0 Å². The van der Waals surface area contributed by atoms with Crippen LogP contribution in [0, 0.1) is 0 Å². The summed E-state index contributed by atoms with van der Waals surface area (Å²) >= 11 is 0. The molecule has 9 aromatic carbocycles. The molecule has 0 amide bonds. The smallest absolute Gasteiger partial charge is 0.164 e. The summed E-state index contributed by atoms with van der Waals surface area (Å²) in [7, 11) is 0. The number of hydrogen-bond donors (Lipinski definition) is 0. The molecule has 5 heteroatoms. The van der Waals surface area contributed by atoms with Gasteiger partial charge in [-0.15, -0.1) is 0 Å². The van der Waals surface area contributed by atoms with Crippen LogP contribution in [0.4, 0.5) is 0 Å². The average Bonchev–Trinajstić information content (AvgIpc) is 3.80. The summed E-state index contributed by atoms with van der Waals surface area (Å²) in [5, 5.41) is 4.57. The Labute approximate surface area is 351 Å². The summed E-state index contributed by atoms with van der Waals surface area (Å²) in [4.78, 5) is 15.3. The summed E-state index contributed by atoms with van der Waals surface area (Å²) in [6.07, 6.45) is 0. The molecule has 13 rings (SSSR count). The van der Waals surface area contributed by atoms with Crippen molar-refractivity contribution in [3.8, 4) is 62.5 Å². The Morgan fingerprint density at radius 2 is 0.885 bits per heavy atom. The van der Waals surface area contributed by atoms with Gasteiger partial charge >= 0.3 is 0 Å².